The Morgan fingerprint density at radius 1 is 0.967 bits per heavy atom. The number of rotatable bonds is 10. The van der Waals surface area contributed by atoms with Gasteiger partial charge in [-0.05, 0) is 49.6 Å². The number of methoxy groups -OCH3 is 1. The Morgan fingerprint density at radius 2 is 1.73 bits per heavy atom. The number of nitrogens with one attached hydrogen (secondary N) is 2. The largest absolute Gasteiger partial charge is 0.496 e. The highest BCUT2D eigenvalue weighted by Gasteiger charge is 2.07. The van der Waals surface area contributed by atoms with Crippen molar-refractivity contribution in [2.45, 2.75) is 33.9 Å². The van der Waals surface area contributed by atoms with Crippen LogP contribution in [0.2, 0.25) is 0 Å². The van der Waals surface area contributed by atoms with Gasteiger partial charge >= 0.3 is 0 Å². The van der Waals surface area contributed by atoms with Crippen molar-refractivity contribution in [1.82, 2.24) is 10.6 Å². The molecule has 2 rings (SSSR count). The zero-order valence-corrected chi connectivity index (χ0v) is 20.9. The second kappa shape index (κ2) is 14.1. The first-order chi connectivity index (χ1) is 14.1. The minimum absolute atomic E-state index is 0. The molecular weight excluding hydrogens is 493 g/mol. The summed E-state index contributed by atoms with van der Waals surface area (Å²) in [7, 11) is 3.45. The summed E-state index contributed by atoms with van der Waals surface area (Å²) in [6.45, 7) is 9.19. The molecule has 2 aromatic carbocycles. The summed E-state index contributed by atoms with van der Waals surface area (Å²) in [6, 6.07) is 12.4. The van der Waals surface area contributed by atoms with Crippen molar-refractivity contribution in [1.29, 1.82) is 0 Å². The molecule has 166 valence electrons. The van der Waals surface area contributed by atoms with E-state index in [0.29, 0.717) is 32.9 Å². The fraction of sp³-hybridized carbons (Fsp3) is 0.435. The first kappa shape index (κ1) is 26.0. The Morgan fingerprint density at radius 3 is 2.40 bits per heavy atom. The van der Waals surface area contributed by atoms with Crippen LogP contribution in [0, 0.1) is 13.8 Å². The van der Waals surface area contributed by atoms with E-state index in [-0.39, 0.29) is 24.0 Å². The molecule has 0 atom stereocenters. The number of aryl methyl sites for hydroxylation is 2. The van der Waals surface area contributed by atoms with Crippen molar-refractivity contribution in [3.8, 4) is 11.5 Å². The lowest BCUT2D eigenvalue weighted by Crippen LogP contribution is -2.36. The third kappa shape index (κ3) is 8.39. The molecule has 0 aliphatic carbocycles. The summed E-state index contributed by atoms with van der Waals surface area (Å²) in [6.07, 6.45) is 0. The number of ether oxygens (including phenoxy) is 3. The van der Waals surface area contributed by atoms with Gasteiger partial charge in [-0.2, -0.15) is 0 Å². The molecule has 0 aromatic heterocycles. The average Bonchev–Trinajstić information content (AvgIpc) is 2.72. The highest BCUT2D eigenvalue weighted by molar-refractivity contribution is 14.0. The monoisotopic (exact) mass is 527 g/mol. The molecule has 0 heterocycles. The number of nitrogens with zero attached hydrogens (tertiary/aromatic N) is 1. The smallest absolute Gasteiger partial charge is 0.191 e. The predicted octanol–water partition coefficient (Wildman–Crippen LogP) is 4.21. The summed E-state index contributed by atoms with van der Waals surface area (Å²) in [5.74, 6) is 2.50. The highest BCUT2D eigenvalue weighted by atomic mass is 127. The maximum Gasteiger partial charge on any atom is 0.191 e. The van der Waals surface area contributed by atoms with E-state index in [1.807, 2.05) is 19.9 Å². The van der Waals surface area contributed by atoms with E-state index in [9.17, 15) is 0 Å². The molecule has 6 nitrogen and oxygen atoms in total. The predicted molar refractivity (Wildman–Crippen MR) is 133 cm³/mol. The lowest BCUT2D eigenvalue weighted by Gasteiger charge is -2.16. The minimum Gasteiger partial charge on any atom is -0.496 e. The van der Waals surface area contributed by atoms with Crippen LogP contribution < -0.4 is 20.1 Å². The maximum absolute atomic E-state index is 5.91. The Hall–Kier alpha value is -2.00. The van der Waals surface area contributed by atoms with Crippen LogP contribution in [0.5, 0.6) is 11.5 Å². The van der Waals surface area contributed by atoms with Gasteiger partial charge in [0.05, 0.1) is 13.7 Å². The maximum atomic E-state index is 5.91. The minimum atomic E-state index is 0. The van der Waals surface area contributed by atoms with Crippen LogP contribution in [-0.4, -0.2) is 39.9 Å². The number of hydrogen-bond donors (Lipinski definition) is 2. The summed E-state index contributed by atoms with van der Waals surface area (Å²) in [5.41, 5.74) is 4.53. The fourth-order valence-electron chi connectivity index (χ4n) is 2.93. The Kier molecular flexibility index (Phi) is 12.2. The van der Waals surface area contributed by atoms with Crippen molar-refractivity contribution < 1.29 is 14.2 Å². The van der Waals surface area contributed by atoms with Crippen LogP contribution in [0.4, 0.5) is 0 Å². The molecule has 7 heteroatoms. The van der Waals surface area contributed by atoms with Crippen molar-refractivity contribution in [3.63, 3.8) is 0 Å². The fourth-order valence-corrected chi connectivity index (χ4v) is 2.93. The molecule has 30 heavy (non-hydrogen) atoms. The Bertz CT molecular complexity index is 812. The van der Waals surface area contributed by atoms with Crippen molar-refractivity contribution in [2.75, 3.05) is 34.0 Å². The number of guanidine groups is 1. The normalized spacial score (nSPS) is 10.9. The molecule has 0 bridgehead atoms. The van der Waals surface area contributed by atoms with E-state index in [4.69, 9.17) is 14.2 Å². The van der Waals surface area contributed by atoms with E-state index in [1.165, 1.54) is 5.56 Å². The molecule has 2 N–H and O–H groups in total. The van der Waals surface area contributed by atoms with E-state index in [0.717, 1.165) is 34.1 Å². The van der Waals surface area contributed by atoms with Crippen molar-refractivity contribution in [3.05, 3.63) is 58.7 Å². The van der Waals surface area contributed by atoms with Crippen LogP contribution in [0.1, 0.15) is 29.2 Å². The summed E-state index contributed by atoms with van der Waals surface area (Å²) < 4.78 is 16.6. The molecule has 0 unspecified atom stereocenters. The van der Waals surface area contributed by atoms with Gasteiger partial charge in [0.25, 0.3) is 0 Å². The van der Waals surface area contributed by atoms with E-state index >= 15 is 0 Å². The summed E-state index contributed by atoms with van der Waals surface area (Å²) in [4.78, 5) is 4.32. The average molecular weight is 527 g/mol. The van der Waals surface area contributed by atoms with Gasteiger partial charge < -0.3 is 24.8 Å². The molecule has 0 aliphatic heterocycles. The number of hydrogen-bond acceptors (Lipinski definition) is 4. The van der Waals surface area contributed by atoms with E-state index < -0.39 is 0 Å². The molecule has 0 spiro atoms. The lowest BCUT2D eigenvalue weighted by molar-refractivity contribution is 0.110. The van der Waals surface area contributed by atoms with Gasteiger partial charge in [-0.15, -0.1) is 24.0 Å². The van der Waals surface area contributed by atoms with Crippen LogP contribution in [0.15, 0.2) is 41.4 Å². The number of halogens is 1. The van der Waals surface area contributed by atoms with Gasteiger partial charge in [0.2, 0.25) is 0 Å². The Labute approximate surface area is 197 Å². The van der Waals surface area contributed by atoms with E-state index in [2.05, 4.69) is 52.9 Å². The summed E-state index contributed by atoms with van der Waals surface area (Å²) >= 11 is 0. The quantitative estimate of drug-likeness (QED) is 0.210. The standard InChI is InChI=1S/C23H33N3O3.HI/c1-6-28-11-12-29-22-13-17(2)7-9-20(22)16-26-23(24-4)25-15-19-8-10-21(27-5)18(3)14-19;/h7-10,13-14H,6,11-12,15-16H2,1-5H3,(H2,24,25,26);1H. The van der Waals surface area contributed by atoms with Gasteiger partial charge in [-0.3, -0.25) is 4.99 Å². The van der Waals surface area contributed by atoms with Gasteiger partial charge in [-0.25, -0.2) is 0 Å². The van der Waals surface area contributed by atoms with Crippen molar-refractivity contribution >= 4 is 29.9 Å². The van der Waals surface area contributed by atoms with Crippen LogP contribution in [0.3, 0.4) is 0 Å². The van der Waals surface area contributed by atoms with Crippen LogP contribution in [-0.2, 0) is 17.8 Å². The second-order valence-corrected chi connectivity index (χ2v) is 6.74. The van der Waals surface area contributed by atoms with Gasteiger partial charge in [-0.1, -0.05) is 24.3 Å². The molecule has 0 saturated heterocycles. The van der Waals surface area contributed by atoms with Gasteiger partial charge in [0, 0.05) is 32.3 Å². The first-order valence-corrected chi connectivity index (χ1v) is 9.95. The van der Waals surface area contributed by atoms with Crippen LogP contribution in [0.25, 0.3) is 0 Å². The molecule has 0 amide bonds. The molecular formula is C23H34IN3O3. The third-order valence-electron chi connectivity index (χ3n) is 4.50. The second-order valence-electron chi connectivity index (χ2n) is 6.74. The molecule has 0 radical (unpaired) electrons. The zero-order valence-electron chi connectivity index (χ0n) is 18.6. The highest BCUT2D eigenvalue weighted by Crippen LogP contribution is 2.20. The van der Waals surface area contributed by atoms with Crippen molar-refractivity contribution in [2.24, 2.45) is 4.99 Å². The van der Waals surface area contributed by atoms with Gasteiger partial charge in [0.15, 0.2) is 5.96 Å². The summed E-state index contributed by atoms with van der Waals surface area (Å²) in [5, 5.41) is 6.71. The molecule has 0 fully saturated rings. The molecule has 0 saturated carbocycles. The van der Waals surface area contributed by atoms with Gasteiger partial charge in [0.1, 0.15) is 18.1 Å². The van der Waals surface area contributed by atoms with E-state index in [1.54, 1.807) is 14.2 Å². The number of benzene rings is 2. The molecule has 0 aliphatic rings. The third-order valence-corrected chi connectivity index (χ3v) is 4.50. The number of aliphatic imine (C=N–C) groups is 1. The zero-order chi connectivity index (χ0) is 21.1. The molecule has 2 aromatic rings. The first-order valence-electron chi connectivity index (χ1n) is 9.95. The SMILES string of the molecule is CCOCCOc1cc(C)ccc1CNC(=NC)NCc1ccc(OC)c(C)c1.I. The topological polar surface area (TPSA) is 64.1 Å². The van der Waals surface area contributed by atoms with Crippen LogP contribution >= 0.6 is 24.0 Å². The lowest BCUT2D eigenvalue weighted by atomic mass is 10.1. The Balaban J connectivity index is 0.00000450.